The topological polar surface area (TPSA) is 50.4 Å². The lowest BCUT2D eigenvalue weighted by Gasteiger charge is -2.27. The second-order valence-corrected chi connectivity index (χ2v) is 6.75. The van der Waals surface area contributed by atoms with Crippen molar-refractivity contribution in [3.05, 3.63) is 28.2 Å². The van der Waals surface area contributed by atoms with Crippen molar-refractivity contribution in [2.75, 3.05) is 19.7 Å². The monoisotopic (exact) mass is 388 g/mol. The molecule has 1 aromatic carbocycles. The fraction of sp³-hybridized carbons (Fsp3) is 0.562. The number of nitrogens with one attached hydrogen (secondary N) is 2. The molecule has 0 spiro atoms. The quantitative estimate of drug-likeness (QED) is 0.831. The average Bonchev–Trinajstić information content (AvgIpc) is 2.99. The van der Waals surface area contributed by atoms with E-state index in [0.29, 0.717) is 18.9 Å². The Labute approximate surface area is 145 Å². The maximum Gasteiger partial charge on any atom is 0.220 e. The van der Waals surface area contributed by atoms with Gasteiger partial charge in [-0.3, -0.25) is 4.79 Å². The standard InChI is InChI=1S/C16H21BrN2O2.ClH/c17-12-2-3-15-13(9-12)14(6-8-21-15)19-16(20)4-1-11-5-7-18-10-11;/h2-3,9,11,14,18H,1,4-8,10H2,(H,19,20);1H. The van der Waals surface area contributed by atoms with Gasteiger partial charge < -0.3 is 15.4 Å². The second kappa shape index (κ2) is 8.18. The molecule has 2 aliphatic rings. The summed E-state index contributed by atoms with van der Waals surface area (Å²) < 4.78 is 6.67. The van der Waals surface area contributed by atoms with Crippen LogP contribution in [0.5, 0.6) is 5.75 Å². The van der Waals surface area contributed by atoms with Gasteiger partial charge in [-0.2, -0.15) is 0 Å². The van der Waals surface area contributed by atoms with Crippen molar-refractivity contribution in [3.8, 4) is 5.75 Å². The van der Waals surface area contributed by atoms with Crippen LogP contribution < -0.4 is 15.4 Å². The summed E-state index contributed by atoms with van der Waals surface area (Å²) in [5.74, 6) is 1.70. The fourth-order valence-corrected chi connectivity index (χ4v) is 3.46. The average molecular weight is 390 g/mol. The van der Waals surface area contributed by atoms with Gasteiger partial charge in [0.25, 0.3) is 0 Å². The Hall–Kier alpha value is -0.780. The molecule has 2 unspecified atom stereocenters. The van der Waals surface area contributed by atoms with Crippen LogP contribution in [-0.2, 0) is 4.79 Å². The third-order valence-electron chi connectivity index (χ3n) is 4.29. The summed E-state index contributed by atoms with van der Waals surface area (Å²) in [5, 5.41) is 6.51. The molecule has 0 saturated carbocycles. The Kier molecular flexibility index (Phi) is 6.53. The minimum absolute atomic E-state index is 0. The van der Waals surface area contributed by atoms with Crippen LogP contribution >= 0.6 is 28.3 Å². The van der Waals surface area contributed by atoms with Gasteiger partial charge in [0.2, 0.25) is 5.91 Å². The number of rotatable bonds is 4. The highest BCUT2D eigenvalue weighted by atomic mass is 79.9. The molecule has 0 bridgehead atoms. The van der Waals surface area contributed by atoms with E-state index in [1.807, 2.05) is 18.2 Å². The molecular weight excluding hydrogens is 368 g/mol. The number of benzene rings is 1. The van der Waals surface area contributed by atoms with E-state index in [0.717, 1.165) is 41.7 Å². The molecule has 2 heterocycles. The number of amides is 1. The molecule has 1 saturated heterocycles. The molecule has 22 heavy (non-hydrogen) atoms. The molecule has 3 rings (SSSR count). The van der Waals surface area contributed by atoms with Gasteiger partial charge in [-0.25, -0.2) is 0 Å². The van der Waals surface area contributed by atoms with Crippen LogP contribution in [0.15, 0.2) is 22.7 Å². The van der Waals surface area contributed by atoms with Gasteiger partial charge in [0.05, 0.1) is 12.6 Å². The van der Waals surface area contributed by atoms with Gasteiger partial charge in [-0.1, -0.05) is 15.9 Å². The summed E-state index contributed by atoms with van der Waals surface area (Å²) >= 11 is 3.48. The molecule has 1 aromatic rings. The van der Waals surface area contributed by atoms with Gasteiger partial charge in [-0.05, 0) is 50.0 Å². The van der Waals surface area contributed by atoms with Crippen molar-refractivity contribution in [3.63, 3.8) is 0 Å². The number of hydrogen-bond acceptors (Lipinski definition) is 3. The second-order valence-electron chi connectivity index (χ2n) is 5.84. The Balaban J connectivity index is 0.00000176. The molecule has 2 aliphatic heterocycles. The number of carbonyl (C=O) groups is 1. The highest BCUT2D eigenvalue weighted by Gasteiger charge is 2.24. The van der Waals surface area contributed by atoms with Gasteiger partial charge in [0, 0.05) is 22.9 Å². The lowest BCUT2D eigenvalue weighted by molar-refractivity contribution is -0.122. The minimum atomic E-state index is 0. The Morgan fingerprint density at radius 1 is 1.41 bits per heavy atom. The number of halogens is 2. The zero-order valence-corrected chi connectivity index (χ0v) is 14.8. The van der Waals surface area contributed by atoms with Gasteiger partial charge in [-0.15, -0.1) is 12.4 Å². The zero-order valence-electron chi connectivity index (χ0n) is 12.4. The highest BCUT2D eigenvalue weighted by Crippen LogP contribution is 2.34. The lowest BCUT2D eigenvalue weighted by atomic mass is 9.99. The molecular formula is C16H22BrClN2O2. The molecule has 6 heteroatoms. The van der Waals surface area contributed by atoms with Crippen molar-refractivity contribution in [2.24, 2.45) is 5.92 Å². The minimum Gasteiger partial charge on any atom is -0.493 e. The first-order valence-electron chi connectivity index (χ1n) is 7.64. The number of ether oxygens (including phenoxy) is 1. The third-order valence-corrected chi connectivity index (χ3v) is 4.78. The predicted molar refractivity (Wildman–Crippen MR) is 92.6 cm³/mol. The zero-order chi connectivity index (χ0) is 14.7. The first-order valence-corrected chi connectivity index (χ1v) is 8.44. The van der Waals surface area contributed by atoms with Crippen LogP contribution in [0.3, 0.4) is 0 Å². The van der Waals surface area contributed by atoms with E-state index in [9.17, 15) is 4.79 Å². The maximum atomic E-state index is 12.2. The third kappa shape index (κ3) is 4.37. The van der Waals surface area contributed by atoms with E-state index < -0.39 is 0 Å². The molecule has 1 amide bonds. The molecule has 0 aliphatic carbocycles. The first kappa shape index (κ1) is 17.6. The van der Waals surface area contributed by atoms with Crippen LogP contribution in [0, 0.1) is 5.92 Å². The van der Waals surface area contributed by atoms with E-state index in [1.54, 1.807) is 0 Å². The molecule has 2 N–H and O–H groups in total. The highest BCUT2D eigenvalue weighted by molar-refractivity contribution is 9.10. The lowest BCUT2D eigenvalue weighted by Crippen LogP contribution is -2.32. The van der Waals surface area contributed by atoms with Gasteiger partial charge in [0.1, 0.15) is 5.75 Å². The summed E-state index contributed by atoms with van der Waals surface area (Å²) in [6.07, 6.45) is 3.63. The van der Waals surface area contributed by atoms with Gasteiger partial charge >= 0.3 is 0 Å². The van der Waals surface area contributed by atoms with Crippen molar-refractivity contribution >= 4 is 34.2 Å². The number of fused-ring (bicyclic) bond motifs is 1. The number of hydrogen-bond donors (Lipinski definition) is 2. The van der Waals surface area contributed by atoms with Crippen LogP contribution in [0.4, 0.5) is 0 Å². The summed E-state index contributed by atoms with van der Waals surface area (Å²) in [7, 11) is 0. The fourth-order valence-electron chi connectivity index (χ4n) is 3.08. The SMILES string of the molecule is Cl.O=C(CCC1CCNC1)NC1CCOc2ccc(Br)cc21. The first-order chi connectivity index (χ1) is 10.2. The maximum absolute atomic E-state index is 12.2. The molecule has 2 atom stereocenters. The van der Waals surface area contributed by atoms with E-state index in [2.05, 4.69) is 26.6 Å². The van der Waals surface area contributed by atoms with Crippen molar-refractivity contribution in [2.45, 2.75) is 31.7 Å². The van der Waals surface area contributed by atoms with Gasteiger partial charge in [0.15, 0.2) is 0 Å². The summed E-state index contributed by atoms with van der Waals surface area (Å²) in [5.41, 5.74) is 1.08. The van der Waals surface area contributed by atoms with Crippen LogP contribution in [0.25, 0.3) is 0 Å². The van der Waals surface area contributed by atoms with Crippen LogP contribution in [-0.4, -0.2) is 25.6 Å². The smallest absolute Gasteiger partial charge is 0.220 e. The normalized spacial score (nSPS) is 23.1. The van der Waals surface area contributed by atoms with E-state index in [1.165, 1.54) is 6.42 Å². The van der Waals surface area contributed by atoms with Crippen molar-refractivity contribution in [1.29, 1.82) is 0 Å². The number of carbonyl (C=O) groups excluding carboxylic acids is 1. The summed E-state index contributed by atoms with van der Waals surface area (Å²) in [6, 6.07) is 6.04. The molecule has 122 valence electrons. The molecule has 0 radical (unpaired) electrons. The van der Waals surface area contributed by atoms with Crippen molar-refractivity contribution in [1.82, 2.24) is 10.6 Å². The summed E-state index contributed by atoms with van der Waals surface area (Å²) in [6.45, 7) is 2.81. The molecule has 4 nitrogen and oxygen atoms in total. The summed E-state index contributed by atoms with van der Waals surface area (Å²) in [4.78, 5) is 12.2. The van der Waals surface area contributed by atoms with E-state index in [4.69, 9.17) is 4.74 Å². The molecule has 1 fully saturated rings. The Bertz CT molecular complexity index is 521. The van der Waals surface area contributed by atoms with Crippen LogP contribution in [0.2, 0.25) is 0 Å². The predicted octanol–water partition coefficient (Wildman–Crippen LogP) is 3.20. The van der Waals surface area contributed by atoms with Crippen molar-refractivity contribution < 1.29 is 9.53 Å². The Morgan fingerprint density at radius 2 is 2.27 bits per heavy atom. The molecule has 0 aromatic heterocycles. The van der Waals surface area contributed by atoms with E-state index in [-0.39, 0.29) is 24.4 Å². The van der Waals surface area contributed by atoms with Crippen LogP contribution in [0.1, 0.15) is 37.3 Å². The Morgan fingerprint density at radius 3 is 3.05 bits per heavy atom. The van der Waals surface area contributed by atoms with E-state index >= 15 is 0 Å². The largest absolute Gasteiger partial charge is 0.493 e.